The summed E-state index contributed by atoms with van der Waals surface area (Å²) in [5.41, 5.74) is 7.94. The fourth-order valence-corrected chi connectivity index (χ4v) is 2.35. The lowest BCUT2D eigenvalue weighted by molar-refractivity contribution is -0.384. The second-order valence-corrected chi connectivity index (χ2v) is 4.93. The van der Waals surface area contributed by atoms with Crippen LogP contribution < -0.4 is 11.1 Å². The van der Waals surface area contributed by atoms with Crippen LogP contribution in [0.5, 0.6) is 0 Å². The van der Waals surface area contributed by atoms with E-state index in [1.54, 1.807) is 12.1 Å². The van der Waals surface area contributed by atoms with Gasteiger partial charge in [0, 0.05) is 16.6 Å². The summed E-state index contributed by atoms with van der Waals surface area (Å²) < 4.78 is 0. The lowest BCUT2D eigenvalue weighted by atomic mass is 10.2. The van der Waals surface area contributed by atoms with E-state index >= 15 is 0 Å². The molecular formula is C12H13N3O2S. The Hall–Kier alpha value is -2.08. The zero-order valence-corrected chi connectivity index (χ0v) is 10.7. The lowest BCUT2D eigenvalue weighted by Gasteiger charge is -2.07. The van der Waals surface area contributed by atoms with Gasteiger partial charge >= 0.3 is 0 Å². The highest BCUT2D eigenvalue weighted by atomic mass is 32.1. The van der Waals surface area contributed by atoms with E-state index in [-0.39, 0.29) is 10.6 Å². The maximum atomic E-state index is 10.9. The van der Waals surface area contributed by atoms with E-state index in [1.165, 1.54) is 11.3 Å². The molecule has 0 aliphatic carbocycles. The standard InChI is InChI=1S/C12H13N3O2S/c1-8-2-3-10(11(6-8)15(16)17)14-7-12-9(13)4-5-18-12/h2-6,14H,7,13H2,1H3. The molecule has 18 heavy (non-hydrogen) atoms. The first-order valence-corrected chi connectivity index (χ1v) is 6.26. The number of benzene rings is 1. The fourth-order valence-electron chi connectivity index (χ4n) is 1.61. The summed E-state index contributed by atoms with van der Waals surface area (Å²) in [4.78, 5) is 11.5. The Bertz CT molecular complexity index is 580. The molecule has 0 radical (unpaired) electrons. The molecule has 0 unspecified atom stereocenters. The number of hydrogen-bond acceptors (Lipinski definition) is 5. The summed E-state index contributed by atoms with van der Waals surface area (Å²) >= 11 is 1.53. The number of thiophene rings is 1. The minimum atomic E-state index is -0.382. The molecule has 1 aromatic carbocycles. The second kappa shape index (κ2) is 5.05. The van der Waals surface area contributed by atoms with Crippen LogP contribution in [-0.4, -0.2) is 4.92 Å². The number of hydrogen-bond donors (Lipinski definition) is 2. The highest BCUT2D eigenvalue weighted by Crippen LogP contribution is 2.27. The van der Waals surface area contributed by atoms with Gasteiger partial charge in [-0.15, -0.1) is 11.3 Å². The van der Waals surface area contributed by atoms with Gasteiger partial charge in [0.1, 0.15) is 5.69 Å². The van der Waals surface area contributed by atoms with Crippen molar-refractivity contribution in [2.24, 2.45) is 0 Å². The van der Waals surface area contributed by atoms with Gasteiger partial charge < -0.3 is 11.1 Å². The molecule has 0 bridgehead atoms. The highest BCUT2D eigenvalue weighted by Gasteiger charge is 2.13. The molecule has 6 heteroatoms. The van der Waals surface area contributed by atoms with Gasteiger partial charge in [-0.05, 0) is 30.0 Å². The summed E-state index contributed by atoms with van der Waals surface area (Å²) in [5.74, 6) is 0. The average Bonchev–Trinajstić information content (AvgIpc) is 2.73. The smallest absolute Gasteiger partial charge is 0.292 e. The predicted octanol–water partition coefficient (Wildman–Crippen LogP) is 3.16. The van der Waals surface area contributed by atoms with Crippen LogP contribution in [-0.2, 0) is 6.54 Å². The Balaban J connectivity index is 2.19. The third-order valence-corrected chi connectivity index (χ3v) is 3.51. The fraction of sp³-hybridized carbons (Fsp3) is 0.167. The SMILES string of the molecule is Cc1ccc(NCc2sccc2N)c([N+](=O)[O-])c1. The molecule has 5 nitrogen and oxygen atoms in total. The number of nitrogens with two attached hydrogens (primary N) is 1. The quantitative estimate of drug-likeness (QED) is 0.655. The number of nitrogen functional groups attached to an aromatic ring is 1. The van der Waals surface area contributed by atoms with E-state index in [4.69, 9.17) is 5.73 Å². The first kappa shape index (κ1) is 12.4. The van der Waals surface area contributed by atoms with Crippen molar-refractivity contribution in [1.29, 1.82) is 0 Å². The summed E-state index contributed by atoms with van der Waals surface area (Å²) in [7, 11) is 0. The van der Waals surface area contributed by atoms with Crippen LogP contribution >= 0.6 is 11.3 Å². The van der Waals surface area contributed by atoms with Crippen LogP contribution in [0.25, 0.3) is 0 Å². The molecule has 0 atom stereocenters. The van der Waals surface area contributed by atoms with E-state index in [9.17, 15) is 10.1 Å². The number of nitrogens with one attached hydrogen (secondary N) is 1. The van der Waals surface area contributed by atoms with Crippen molar-refractivity contribution in [2.75, 3.05) is 11.1 Å². The van der Waals surface area contributed by atoms with E-state index in [0.717, 1.165) is 10.4 Å². The van der Waals surface area contributed by atoms with Crippen LogP contribution in [0.15, 0.2) is 29.6 Å². The highest BCUT2D eigenvalue weighted by molar-refractivity contribution is 7.10. The van der Waals surface area contributed by atoms with Crippen LogP contribution in [0.2, 0.25) is 0 Å². The monoisotopic (exact) mass is 263 g/mol. The van der Waals surface area contributed by atoms with Crippen molar-refractivity contribution in [1.82, 2.24) is 0 Å². The van der Waals surface area contributed by atoms with Gasteiger partial charge in [-0.1, -0.05) is 6.07 Å². The molecule has 0 saturated carbocycles. The molecular weight excluding hydrogens is 250 g/mol. The predicted molar refractivity (Wildman–Crippen MR) is 73.9 cm³/mol. The third kappa shape index (κ3) is 2.60. The summed E-state index contributed by atoms with van der Waals surface area (Å²) in [5, 5.41) is 15.9. The molecule has 0 aliphatic rings. The number of nitro benzene ring substituents is 1. The number of rotatable bonds is 4. The van der Waals surface area contributed by atoms with Crippen molar-refractivity contribution < 1.29 is 4.92 Å². The molecule has 3 N–H and O–H groups in total. The lowest BCUT2D eigenvalue weighted by Crippen LogP contribution is -2.03. The van der Waals surface area contributed by atoms with Gasteiger partial charge in [0.2, 0.25) is 0 Å². The van der Waals surface area contributed by atoms with Crippen LogP contribution in [0.1, 0.15) is 10.4 Å². The maximum absolute atomic E-state index is 10.9. The van der Waals surface area contributed by atoms with Gasteiger partial charge in [-0.25, -0.2) is 0 Å². The molecule has 2 aromatic rings. The molecule has 94 valence electrons. The molecule has 0 spiro atoms. The zero-order valence-electron chi connectivity index (χ0n) is 9.84. The summed E-state index contributed by atoms with van der Waals surface area (Å²) in [6, 6.07) is 6.94. The largest absolute Gasteiger partial charge is 0.398 e. The van der Waals surface area contributed by atoms with E-state index < -0.39 is 0 Å². The van der Waals surface area contributed by atoms with Gasteiger partial charge in [0.05, 0.1) is 11.5 Å². The number of nitrogens with zero attached hydrogens (tertiary/aromatic N) is 1. The number of aryl methyl sites for hydroxylation is 1. The summed E-state index contributed by atoms with van der Waals surface area (Å²) in [6.07, 6.45) is 0. The van der Waals surface area contributed by atoms with E-state index in [1.807, 2.05) is 24.4 Å². The molecule has 0 fully saturated rings. The molecule has 1 heterocycles. The molecule has 2 rings (SSSR count). The minimum absolute atomic E-state index is 0.0881. The van der Waals surface area contributed by atoms with Crippen LogP contribution in [0, 0.1) is 17.0 Å². The zero-order chi connectivity index (χ0) is 13.1. The van der Waals surface area contributed by atoms with Crippen molar-refractivity contribution >= 4 is 28.4 Å². The average molecular weight is 263 g/mol. The van der Waals surface area contributed by atoms with Gasteiger partial charge in [-0.2, -0.15) is 0 Å². The second-order valence-electron chi connectivity index (χ2n) is 3.93. The van der Waals surface area contributed by atoms with Crippen molar-refractivity contribution in [2.45, 2.75) is 13.5 Å². The minimum Gasteiger partial charge on any atom is -0.398 e. The van der Waals surface area contributed by atoms with Crippen molar-refractivity contribution in [3.8, 4) is 0 Å². The van der Waals surface area contributed by atoms with Crippen molar-refractivity contribution in [3.05, 3.63) is 50.2 Å². The Morgan fingerprint density at radius 1 is 1.44 bits per heavy atom. The molecule has 0 aliphatic heterocycles. The van der Waals surface area contributed by atoms with Crippen LogP contribution in [0.3, 0.4) is 0 Å². The number of anilines is 2. The van der Waals surface area contributed by atoms with Crippen molar-refractivity contribution in [3.63, 3.8) is 0 Å². The van der Waals surface area contributed by atoms with Gasteiger partial charge in [-0.3, -0.25) is 10.1 Å². The Morgan fingerprint density at radius 2 is 2.22 bits per heavy atom. The normalized spacial score (nSPS) is 10.3. The Morgan fingerprint density at radius 3 is 2.83 bits per heavy atom. The van der Waals surface area contributed by atoms with E-state index in [0.29, 0.717) is 17.9 Å². The first-order chi connectivity index (χ1) is 8.58. The first-order valence-electron chi connectivity index (χ1n) is 5.38. The molecule has 0 saturated heterocycles. The molecule has 0 amide bonds. The number of nitro groups is 1. The maximum Gasteiger partial charge on any atom is 0.292 e. The third-order valence-electron chi connectivity index (χ3n) is 2.57. The topological polar surface area (TPSA) is 81.2 Å². The van der Waals surface area contributed by atoms with Gasteiger partial charge in [0.25, 0.3) is 5.69 Å². The van der Waals surface area contributed by atoms with Crippen LogP contribution in [0.4, 0.5) is 17.1 Å². The Kier molecular flexibility index (Phi) is 3.47. The molecule has 1 aromatic heterocycles. The van der Waals surface area contributed by atoms with E-state index in [2.05, 4.69) is 5.32 Å². The Labute approximate surface area is 108 Å². The summed E-state index contributed by atoms with van der Waals surface area (Å²) in [6.45, 7) is 2.32. The van der Waals surface area contributed by atoms with Gasteiger partial charge in [0.15, 0.2) is 0 Å².